The lowest BCUT2D eigenvalue weighted by molar-refractivity contribution is 0.0691. The lowest BCUT2D eigenvalue weighted by Crippen LogP contribution is -2.36. The second-order valence-corrected chi connectivity index (χ2v) is 4.77. The Balaban J connectivity index is 2.85. The molecule has 116 valence electrons. The molecule has 0 bridgehead atoms. The smallest absolute Gasteiger partial charge is 0.338 e. The van der Waals surface area contributed by atoms with Crippen LogP contribution in [0, 0.1) is 11.6 Å². The van der Waals surface area contributed by atoms with Gasteiger partial charge in [-0.25, -0.2) is 18.4 Å². The number of aromatic carboxylic acids is 1. The van der Waals surface area contributed by atoms with Crippen molar-refractivity contribution >= 4 is 17.7 Å². The molecule has 0 saturated heterocycles. The third-order valence-electron chi connectivity index (χ3n) is 2.76. The van der Waals surface area contributed by atoms with E-state index in [1.165, 1.54) is 11.9 Å². The summed E-state index contributed by atoms with van der Waals surface area (Å²) < 4.78 is 26.8. The van der Waals surface area contributed by atoms with Crippen molar-refractivity contribution in [2.24, 2.45) is 0 Å². The highest BCUT2D eigenvalue weighted by atomic mass is 19.1. The molecule has 0 aliphatic carbocycles. The Hall–Kier alpha value is -2.22. The Morgan fingerprint density at radius 1 is 1.14 bits per heavy atom. The molecule has 0 atom stereocenters. The minimum atomic E-state index is -1.54. The van der Waals surface area contributed by atoms with Crippen LogP contribution in [0.1, 0.15) is 10.4 Å². The normalized spacial score (nSPS) is 10.6. The van der Waals surface area contributed by atoms with Gasteiger partial charge in [-0.2, -0.15) is 0 Å². The summed E-state index contributed by atoms with van der Waals surface area (Å²) in [6.07, 6.45) is 0. The molecule has 21 heavy (non-hydrogen) atoms. The van der Waals surface area contributed by atoms with E-state index in [0.29, 0.717) is 19.2 Å². The highest BCUT2D eigenvalue weighted by molar-refractivity contribution is 5.93. The van der Waals surface area contributed by atoms with Crippen molar-refractivity contribution in [1.82, 2.24) is 9.80 Å². The molecule has 0 unspecified atom stereocenters. The second-order valence-electron chi connectivity index (χ2n) is 4.77. The van der Waals surface area contributed by atoms with Gasteiger partial charge in [0.05, 0.1) is 11.3 Å². The van der Waals surface area contributed by atoms with Gasteiger partial charge in [0.25, 0.3) is 0 Å². The van der Waals surface area contributed by atoms with Crippen molar-refractivity contribution in [2.45, 2.75) is 0 Å². The van der Waals surface area contributed by atoms with Crippen LogP contribution in [0.5, 0.6) is 0 Å². The van der Waals surface area contributed by atoms with Gasteiger partial charge in [-0.05, 0) is 20.2 Å². The van der Waals surface area contributed by atoms with E-state index < -0.39 is 29.2 Å². The zero-order valence-electron chi connectivity index (χ0n) is 12.0. The summed E-state index contributed by atoms with van der Waals surface area (Å²) in [5, 5.41) is 11.0. The van der Waals surface area contributed by atoms with Gasteiger partial charge in [-0.15, -0.1) is 0 Å². The van der Waals surface area contributed by atoms with Crippen LogP contribution in [0.2, 0.25) is 0 Å². The summed E-state index contributed by atoms with van der Waals surface area (Å²) in [4.78, 5) is 25.8. The molecule has 0 fully saturated rings. The molecule has 0 aliphatic rings. The van der Waals surface area contributed by atoms with E-state index in [4.69, 9.17) is 5.11 Å². The molecule has 1 rings (SSSR count). The van der Waals surface area contributed by atoms with Gasteiger partial charge >= 0.3 is 12.0 Å². The van der Waals surface area contributed by atoms with Crippen molar-refractivity contribution < 1.29 is 23.5 Å². The van der Waals surface area contributed by atoms with E-state index in [1.807, 2.05) is 19.0 Å². The van der Waals surface area contributed by atoms with Crippen molar-refractivity contribution in [3.63, 3.8) is 0 Å². The molecule has 6 nitrogen and oxygen atoms in total. The number of urea groups is 1. The first kappa shape index (κ1) is 16.8. The first-order valence-corrected chi connectivity index (χ1v) is 6.11. The van der Waals surface area contributed by atoms with E-state index in [9.17, 15) is 18.4 Å². The van der Waals surface area contributed by atoms with Gasteiger partial charge in [0.1, 0.15) is 11.6 Å². The van der Waals surface area contributed by atoms with Crippen LogP contribution in [-0.4, -0.2) is 61.1 Å². The van der Waals surface area contributed by atoms with Crippen molar-refractivity contribution in [1.29, 1.82) is 0 Å². The molecule has 1 aromatic carbocycles. The number of likely N-dealkylation sites (N-methyl/N-ethyl adjacent to an activating group) is 2. The number of rotatable bonds is 5. The van der Waals surface area contributed by atoms with Gasteiger partial charge in [-0.1, -0.05) is 0 Å². The largest absolute Gasteiger partial charge is 0.478 e. The molecule has 0 aromatic heterocycles. The van der Waals surface area contributed by atoms with Crippen LogP contribution in [0.3, 0.4) is 0 Å². The fourth-order valence-corrected chi connectivity index (χ4v) is 1.47. The van der Waals surface area contributed by atoms with E-state index >= 15 is 0 Å². The molecule has 0 spiro atoms. The Morgan fingerprint density at radius 3 is 2.29 bits per heavy atom. The first-order chi connectivity index (χ1) is 9.72. The van der Waals surface area contributed by atoms with E-state index in [1.54, 1.807) is 0 Å². The minimum Gasteiger partial charge on any atom is -0.478 e. The van der Waals surface area contributed by atoms with Crippen LogP contribution in [0.4, 0.5) is 19.3 Å². The number of carbonyl (C=O) groups excluding carboxylic acids is 1. The zero-order chi connectivity index (χ0) is 16.2. The topological polar surface area (TPSA) is 72.9 Å². The lowest BCUT2D eigenvalue weighted by atomic mass is 10.2. The summed E-state index contributed by atoms with van der Waals surface area (Å²) in [7, 11) is 5.19. The maximum absolute atomic E-state index is 13.6. The average Bonchev–Trinajstić information content (AvgIpc) is 2.38. The number of amides is 2. The van der Waals surface area contributed by atoms with Crippen molar-refractivity contribution in [2.75, 3.05) is 39.5 Å². The summed E-state index contributed by atoms with van der Waals surface area (Å²) >= 11 is 0. The highest BCUT2D eigenvalue weighted by Crippen LogP contribution is 2.20. The molecule has 2 amide bonds. The number of nitrogens with one attached hydrogen (secondary N) is 1. The molecule has 0 radical (unpaired) electrons. The Morgan fingerprint density at radius 2 is 1.76 bits per heavy atom. The Labute approximate surface area is 121 Å². The summed E-state index contributed by atoms with van der Waals surface area (Å²) in [5.74, 6) is -3.77. The Kier molecular flexibility index (Phi) is 5.60. The molecule has 0 saturated carbocycles. The summed E-state index contributed by atoms with van der Waals surface area (Å²) in [6.45, 7) is 1.00. The van der Waals surface area contributed by atoms with Gasteiger partial charge in [-0.3, -0.25) is 0 Å². The maximum atomic E-state index is 13.6. The van der Waals surface area contributed by atoms with E-state index in [2.05, 4.69) is 5.32 Å². The number of nitrogens with zero attached hydrogens (tertiary/aromatic N) is 2. The Bertz CT molecular complexity index is 550. The van der Waals surface area contributed by atoms with Crippen LogP contribution in [0.25, 0.3) is 0 Å². The standard InChI is InChI=1S/C13H17F2N3O3/c1-17(2)4-5-18(3)13(21)16-11-6-8(12(19)20)9(14)7-10(11)15/h6-7H,4-5H2,1-3H3,(H,16,21)(H,19,20). The van der Waals surface area contributed by atoms with Crippen molar-refractivity contribution in [3.05, 3.63) is 29.3 Å². The lowest BCUT2D eigenvalue weighted by Gasteiger charge is -2.20. The highest BCUT2D eigenvalue weighted by Gasteiger charge is 2.17. The number of halogens is 2. The second kappa shape index (κ2) is 6.98. The van der Waals surface area contributed by atoms with Crippen molar-refractivity contribution in [3.8, 4) is 0 Å². The molecule has 2 N–H and O–H groups in total. The fraction of sp³-hybridized carbons (Fsp3) is 0.385. The van der Waals surface area contributed by atoms with E-state index in [0.717, 1.165) is 6.07 Å². The predicted octanol–water partition coefficient (Wildman–Crippen LogP) is 1.69. The number of carboxylic acids is 1. The van der Waals surface area contributed by atoms with Gasteiger partial charge in [0.15, 0.2) is 0 Å². The number of hydrogen-bond acceptors (Lipinski definition) is 3. The minimum absolute atomic E-state index is 0.379. The van der Waals surface area contributed by atoms with E-state index in [-0.39, 0.29) is 5.69 Å². The average molecular weight is 301 g/mol. The molecular formula is C13H17F2N3O3. The molecule has 8 heteroatoms. The van der Waals surface area contributed by atoms with Crippen LogP contribution < -0.4 is 5.32 Å². The molecular weight excluding hydrogens is 284 g/mol. The number of anilines is 1. The number of carbonyl (C=O) groups is 2. The molecule has 0 heterocycles. The fourth-order valence-electron chi connectivity index (χ4n) is 1.47. The zero-order valence-corrected chi connectivity index (χ0v) is 12.0. The number of hydrogen-bond donors (Lipinski definition) is 2. The van der Waals surface area contributed by atoms with Gasteiger partial charge in [0, 0.05) is 26.2 Å². The third-order valence-corrected chi connectivity index (χ3v) is 2.76. The van der Waals surface area contributed by atoms with Gasteiger partial charge in [0.2, 0.25) is 0 Å². The summed E-state index contributed by atoms with van der Waals surface area (Å²) in [5.41, 5.74) is -1.09. The number of benzene rings is 1. The van der Waals surface area contributed by atoms with Crippen LogP contribution in [-0.2, 0) is 0 Å². The van der Waals surface area contributed by atoms with Crippen LogP contribution >= 0.6 is 0 Å². The third kappa shape index (κ3) is 4.67. The quantitative estimate of drug-likeness (QED) is 0.868. The number of carboxylic acid groups (broad SMARTS) is 1. The maximum Gasteiger partial charge on any atom is 0.338 e. The predicted molar refractivity (Wildman–Crippen MR) is 73.5 cm³/mol. The SMILES string of the molecule is CN(C)CCN(C)C(=O)Nc1cc(C(=O)O)c(F)cc1F. The first-order valence-electron chi connectivity index (χ1n) is 6.11. The summed E-state index contributed by atoms with van der Waals surface area (Å²) in [6, 6.07) is 0.572. The monoisotopic (exact) mass is 301 g/mol. The molecule has 1 aromatic rings. The van der Waals surface area contributed by atoms with Crippen LogP contribution in [0.15, 0.2) is 12.1 Å². The molecule has 0 aliphatic heterocycles. The van der Waals surface area contributed by atoms with Gasteiger partial charge < -0.3 is 20.2 Å².